The van der Waals surface area contributed by atoms with Crippen molar-refractivity contribution < 1.29 is 8.42 Å². The number of hydrogen-bond acceptors (Lipinski definition) is 3. The maximum atomic E-state index is 11.3. The maximum Gasteiger partial charge on any atom is 0.175 e. The molecule has 0 spiro atoms. The van der Waals surface area contributed by atoms with Gasteiger partial charge in [0.2, 0.25) is 0 Å². The van der Waals surface area contributed by atoms with Gasteiger partial charge >= 0.3 is 0 Å². The first-order chi connectivity index (χ1) is 7.55. The van der Waals surface area contributed by atoms with Gasteiger partial charge < -0.3 is 5.32 Å². The van der Waals surface area contributed by atoms with Crippen LogP contribution in [0.1, 0.15) is 18.4 Å². The second-order valence-electron chi connectivity index (χ2n) is 4.41. The molecule has 1 aliphatic heterocycles. The molecule has 1 N–H and O–H groups in total. The lowest BCUT2D eigenvalue weighted by Gasteiger charge is -2.10. The zero-order valence-electron chi connectivity index (χ0n) is 9.44. The van der Waals surface area contributed by atoms with E-state index < -0.39 is 9.84 Å². The Morgan fingerprint density at radius 1 is 1.31 bits per heavy atom. The van der Waals surface area contributed by atoms with Crippen molar-refractivity contribution in [2.75, 3.05) is 12.8 Å². The second-order valence-corrected chi connectivity index (χ2v) is 6.43. The average molecular weight is 239 g/mol. The lowest BCUT2D eigenvalue weighted by Crippen LogP contribution is -2.23. The van der Waals surface area contributed by atoms with Gasteiger partial charge in [0.05, 0.1) is 4.90 Å². The minimum Gasteiger partial charge on any atom is -0.314 e. The van der Waals surface area contributed by atoms with Gasteiger partial charge in [0.1, 0.15) is 0 Å². The van der Waals surface area contributed by atoms with E-state index in [0.29, 0.717) is 10.9 Å². The normalized spacial score (nSPS) is 21.2. The highest BCUT2D eigenvalue weighted by molar-refractivity contribution is 7.90. The zero-order chi connectivity index (χ0) is 11.6. The molecule has 1 aromatic rings. The Balaban J connectivity index is 2.07. The molecule has 1 saturated heterocycles. The number of nitrogens with one attached hydrogen (secondary N) is 1. The number of sulfone groups is 1. The fraction of sp³-hybridized carbons (Fsp3) is 0.500. The zero-order valence-corrected chi connectivity index (χ0v) is 10.3. The molecule has 88 valence electrons. The van der Waals surface area contributed by atoms with Crippen LogP contribution in [0.3, 0.4) is 0 Å². The molecule has 1 heterocycles. The number of rotatable bonds is 3. The van der Waals surface area contributed by atoms with Crippen molar-refractivity contribution in [3.63, 3.8) is 0 Å². The van der Waals surface area contributed by atoms with E-state index in [1.165, 1.54) is 24.7 Å². The van der Waals surface area contributed by atoms with Crippen LogP contribution < -0.4 is 5.32 Å². The molecule has 16 heavy (non-hydrogen) atoms. The Kier molecular flexibility index (Phi) is 3.30. The van der Waals surface area contributed by atoms with E-state index in [-0.39, 0.29) is 0 Å². The monoisotopic (exact) mass is 239 g/mol. The predicted octanol–water partition coefficient (Wildman–Crippen LogP) is 1.38. The van der Waals surface area contributed by atoms with Crippen molar-refractivity contribution in [3.05, 3.63) is 29.8 Å². The third-order valence-corrected chi connectivity index (χ3v) is 4.12. The molecule has 3 nitrogen and oxygen atoms in total. The van der Waals surface area contributed by atoms with Crippen LogP contribution in [-0.4, -0.2) is 27.3 Å². The van der Waals surface area contributed by atoms with Crippen molar-refractivity contribution in [1.82, 2.24) is 5.32 Å². The summed E-state index contributed by atoms with van der Waals surface area (Å²) >= 11 is 0. The SMILES string of the molecule is CS(=O)(=O)c1ccc(CC2CCCN2)cc1. The second kappa shape index (κ2) is 4.55. The number of benzene rings is 1. The summed E-state index contributed by atoms with van der Waals surface area (Å²) in [7, 11) is -3.06. The van der Waals surface area contributed by atoms with Gasteiger partial charge in [-0.1, -0.05) is 12.1 Å². The van der Waals surface area contributed by atoms with Gasteiger partial charge in [0.15, 0.2) is 9.84 Å². The molecule has 0 amide bonds. The Bertz CT molecular complexity index is 444. The molecule has 1 unspecified atom stereocenters. The molecule has 0 bridgehead atoms. The van der Waals surface area contributed by atoms with Crippen LogP contribution in [0.5, 0.6) is 0 Å². The lowest BCUT2D eigenvalue weighted by molar-refractivity contribution is 0.599. The molecular weight excluding hydrogens is 222 g/mol. The topological polar surface area (TPSA) is 46.2 Å². The fourth-order valence-corrected chi connectivity index (χ4v) is 2.72. The first kappa shape index (κ1) is 11.6. The summed E-state index contributed by atoms with van der Waals surface area (Å²) in [4.78, 5) is 0.399. The number of hydrogen-bond donors (Lipinski definition) is 1. The molecule has 0 aliphatic carbocycles. The van der Waals surface area contributed by atoms with Crippen molar-refractivity contribution in [2.45, 2.75) is 30.2 Å². The summed E-state index contributed by atoms with van der Waals surface area (Å²) < 4.78 is 22.6. The summed E-state index contributed by atoms with van der Waals surface area (Å²) in [5, 5.41) is 3.43. The summed E-state index contributed by atoms with van der Waals surface area (Å²) in [6, 6.07) is 7.77. The molecule has 2 rings (SSSR count). The Labute approximate surface area is 96.8 Å². The highest BCUT2D eigenvalue weighted by Gasteiger charge is 2.14. The lowest BCUT2D eigenvalue weighted by atomic mass is 10.1. The van der Waals surface area contributed by atoms with Crippen molar-refractivity contribution in [2.24, 2.45) is 0 Å². The van der Waals surface area contributed by atoms with Crippen LogP contribution in [-0.2, 0) is 16.3 Å². The highest BCUT2D eigenvalue weighted by Crippen LogP contribution is 2.15. The Hall–Kier alpha value is -0.870. The third kappa shape index (κ3) is 2.83. The summed E-state index contributed by atoms with van der Waals surface area (Å²) in [5.74, 6) is 0. The van der Waals surface area contributed by atoms with Gasteiger partial charge in [-0.25, -0.2) is 8.42 Å². The van der Waals surface area contributed by atoms with Crippen LogP contribution in [0.25, 0.3) is 0 Å². The molecule has 0 saturated carbocycles. The molecule has 0 aromatic heterocycles. The van der Waals surface area contributed by atoms with Crippen LogP contribution in [0.15, 0.2) is 29.2 Å². The van der Waals surface area contributed by atoms with Crippen LogP contribution in [0.2, 0.25) is 0 Å². The summed E-state index contributed by atoms with van der Waals surface area (Å²) in [6.45, 7) is 1.10. The molecular formula is C12H17NO2S. The third-order valence-electron chi connectivity index (χ3n) is 3.00. The van der Waals surface area contributed by atoms with E-state index >= 15 is 0 Å². The van der Waals surface area contributed by atoms with E-state index in [9.17, 15) is 8.42 Å². The van der Waals surface area contributed by atoms with E-state index in [2.05, 4.69) is 5.32 Å². The molecule has 1 atom stereocenters. The van der Waals surface area contributed by atoms with Gasteiger partial charge in [-0.3, -0.25) is 0 Å². The fourth-order valence-electron chi connectivity index (χ4n) is 2.09. The minimum atomic E-state index is -3.06. The Morgan fingerprint density at radius 3 is 2.50 bits per heavy atom. The van der Waals surface area contributed by atoms with E-state index in [1.807, 2.05) is 12.1 Å². The molecule has 0 radical (unpaired) electrons. The molecule has 1 aliphatic rings. The maximum absolute atomic E-state index is 11.3. The van der Waals surface area contributed by atoms with Gasteiger partial charge in [-0.15, -0.1) is 0 Å². The van der Waals surface area contributed by atoms with Gasteiger partial charge in [-0.05, 0) is 43.5 Å². The van der Waals surface area contributed by atoms with E-state index in [1.54, 1.807) is 12.1 Å². The van der Waals surface area contributed by atoms with Crippen molar-refractivity contribution in [1.29, 1.82) is 0 Å². The van der Waals surface area contributed by atoms with Crippen LogP contribution in [0, 0.1) is 0 Å². The van der Waals surface area contributed by atoms with E-state index in [0.717, 1.165) is 13.0 Å². The first-order valence-corrected chi connectivity index (χ1v) is 7.47. The van der Waals surface area contributed by atoms with Crippen LogP contribution >= 0.6 is 0 Å². The predicted molar refractivity (Wildman–Crippen MR) is 64.3 cm³/mol. The van der Waals surface area contributed by atoms with Gasteiger partial charge in [0, 0.05) is 12.3 Å². The van der Waals surface area contributed by atoms with Crippen molar-refractivity contribution in [3.8, 4) is 0 Å². The first-order valence-electron chi connectivity index (χ1n) is 5.58. The minimum absolute atomic E-state index is 0.399. The summed E-state index contributed by atoms with van der Waals surface area (Å²) in [5.41, 5.74) is 1.20. The smallest absolute Gasteiger partial charge is 0.175 e. The van der Waals surface area contributed by atoms with Crippen LogP contribution in [0.4, 0.5) is 0 Å². The van der Waals surface area contributed by atoms with E-state index in [4.69, 9.17) is 0 Å². The van der Waals surface area contributed by atoms with Gasteiger partial charge in [0.25, 0.3) is 0 Å². The van der Waals surface area contributed by atoms with Crippen molar-refractivity contribution >= 4 is 9.84 Å². The largest absolute Gasteiger partial charge is 0.314 e. The average Bonchev–Trinajstić information content (AvgIpc) is 2.70. The molecule has 1 aromatic carbocycles. The quantitative estimate of drug-likeness (QED) is 0.867. The standard InChI is InChI=1S/C12H17NO2S/c1-16(14,15)12-6-4-10(5-7-12)9-11-3-2-8-13-11/h4-7,11,13H,2-3,8-9H2,1H3. The highest BCUT2D eigenvalue weighted by atomic mass is 32.2. The summed E-state index contributed by atoms with van der Waals surface area (Å²) in [6.07, 6.45) is 4.69. The van der Waals surface area contributed by atoms with Gasteiger partial charge in [-0.2, -0.15) is 0 Å². The molecule has 4 heteroatoms. The Morgan fingerprint density at radius 2 is 2.00 bits per heavy atom. The molecule has 1 fully saturated rings.